The SMILES string of the molecule is O=C1OC(Cc2ccccc2)=N/C1=C/c1cc(Br)ccc1OC(=O)c1ccc(Cl)cc1Cl. The van der Waals surface area contributed by atoms with Crippen LogP contribution >= 0.6 is 39.1 Å². The highest BCUT2D eigenvalue weighted by atomic mass is 79.9. The van der Waals surface area contributed by atoms with Crippen LogP contribution in [0, 0.1) is 0 Å². The summed E-state index contributed by atoms with van der Waals surface area (Å²) < 4.78 is 11.6. The number of hydrogen-bond donors (Lipinski definition) is 0. The molecular weight excluding hydrogens is 517 g/mol. The van der Waals surface area contributed by atoms with E-state index in [4.69, 9.17) is 32.7 Å². The highest BCUT2D eigenvalue weighted by molar-refractivity contribution is 9.10. The van der Waals surface area contributed by atoms with Gasteiger partial charge in [-0.05, 0) is 48.0 Å². The minimum absolute atomic E-state index is 0.107. The van der Waals surface area contributed by atoms with E-state index in [1.807, 2.05) is 30.3 Å². The molecule has 0 aliphatic carbocycles. The molecule has 3 aromatic carbocycles. The number of ether oxygens (including phenoxy) is 2. The van der Waals surface area contributed by atoms with Crippen LogP contribution in [0.4, 0.5) is 0 Å². The molecule has 0 fully saturated rings. The van der Waals surface area contributed by atoms with Gasteiger partial charge in [0.2, 0.25) is 5.90 Å². The Balaban J connectivity index is 1.61. The average molecular weight is 531 g/mol. The highest BCUT2D eigenvalue weighted by Gasteiger charge is 2.24. The van der Waals surface area contributed by atoms with Gasteiger partial charge in [-0.3, -0.25) is 0 Å². The molecular formula is C24H14BrCl2NO4. The van der Waals surface area contributed by atoms with Crippen LogP contribution < -0.4 is 4.74 Å². The molecule has 160 valence electrons. The smallest absolute Gasteiger partial charge is 0.363 e. The molecule has 1 aliphatic rings. The Morgan fingerprint density at radius 2 is 1.84 bits per heavy atom. The Bertz CT molecular complexity index is 1270. The first-order valence-corrected chi connectivity index (χ1v) is 11.0. The van der Waals surface area contributed by atoms with Gasteiger partial charge in [-0.1, -0.05) is 69.5 Å². The molecule has 1 heterocycles. The molecule has 0 saturated carbocycles. The lowest BCUT2D eigenvalue weighted by Gasteiger charge is -2.09. The number of cyclic esters (lactones) is 1. The van der Waals surface area contributed by atoms with Crippen molar-refractivity contribution >= 4 is 63.0 Å². The van der Waals surface area contributed by atoms with E-state index in [0.717, 1.165) is 10.0 Å². The zero-order valence-electron chi connectivity index (χ0n) is 16.3. The van der Waals surface area contributed by atoms with Gasteiger partial charge < -0.3 is 9.47 Å². The standard InChI is InChI=1S/C24H14BrCl2NO4/c25-16-6-9-21(31-23(29)18-8-7-17(26)13-19(18)27)15(11-16)12-20-24(30)32-22(28-20)10-14-4-2-1-3-5-14/h1-9,11-13H,10H2/b20-12+. The lowest BCUT2D eigenvalue weighted by Crippen LogP contribution is -2.10. The normalized spacial score (nSPS) is 14.3. The Morgan fingerprint density at radius 3 is 2.59 bits per heavy atom. The third kappa shape index (κ3) is 5.27. The van der Waals surface area contributed by atoms with Crippen molar-refractivity contribution in [3.63, 3.8) is 0 Å². The molecule has 32 heavy (non-hydrogen) atoms. The fourth-order valence-electron chi connectivity index (χ4n) is 2.98. The summed E-state index contributed by atoms with van der Waals surface area (Å²) in [6.07, 6.45) is 1.90. The molecule has 0 spiro atoms. The summed E-state index contributed by atoms with van der Waals surface area (Å²) in [4.78, 5) is 29.3. The minimum atomic E-state index is -0.657. The maximum atomic E-state index is 12.6. The van der Waals surface area contributed by atoms with Crippen LogP contribution in [0.2, 0.25) is 10.0 Å². The van der Waals surface area contributed by atoms with Crippen LogP contribution in [-0.2, 0) is 16.0 Å². The molecule has 0 bridgehead atoms. The lowest BCUT2D eigenvalue weighted by molar-refractivity contribution is -0.130. The number of benzene rings is 3. The van der Waals surface area contributed by atoms with Crippen LogP contribution in [0.25, 0.3) is 6.08 Å². The molecule has 8 heteroatoms. The van der Waals surface area contributed by atoms with Crippen LogP contribution in [0.15, 0.2) is 81.9 Å². The first-order chi connectivity index (χ1) is 15.4. The number of rotatable bonds is 5. The van der Waals surface area contributed by atoms with Crippen LogP contribution in [0.5, 0.6) is 5.75 Å². The van der Waals surface area contributed by atoms with Crippen molar-refractivity contribution in [3.8, 4) is 5.75 Å². The van der Waals surface area contributed by atoms with Crippen molar-refractivity contribution in [1.29, 1.82) is 0 Å². The first-order valence-electron chi connectivity index (χ1n) is 9.41. The van der Waals surface area contributed by atoms with E-state index in [1.165, 1.54) is 18.2 Å². The Labute approximate surface area is 202 Å². The van der Waals surface area contributed by atoms with Crippen molar-refractivity contribution in [2.24, 2.45) is 4.99 Å². The monoisotopic (exact) mass is 529 g/mol. The summed E-state index contributed by atoms with van der Waals surface area (Å²) >= 11 is 15.4. The van der Waals surface area contributed by atoms with Gasteiger partial charge in [-0.2, -0.15) is 0 Å². The van der Waals surface area contributed by atoms with Crippen LogP contribution in [0.1, 0.15) is 21.5 Å². The number of hydrogen-bond acceptors (Lipinski definition) is 5. The number of carbonyl (C=O) groups is 2. The van der Waals surface area contributed by atoms with Crippen molar-refractivity contribution < 1.29 is 19.1 Å². The zero-order chi connectivity index (χ0) is 22.7. The fourth-order valence-corrected chi connectivity index (χ4v) is 3.85. The van der Waals surface area contributed by atoms with Gasteiger partial charge in [0.15, 0.2) is 5.70 Å². The molecule has 3 aromatic rings. The summed E-state index contributed by atoms with van der Waals surface area (Å²) in [6.45, 7) is 0. The maximum Gasteiger partial charge on any atom is 0.363 e. The molecule has 0 radical (unpaired) electrons. The van der Waals surface area contributed by atoms with Gasteiger partial charge in [0.25, 0.3) is 0 Å². The topological polar surface area (TPSA) is 65.0 Å². The molecule has 4 rings (SSSR count). The third-order valence-corrected chi connectivity index (χ3v) is 5.52. The van der Waals surface area contributed by atoms with Crippen molar-refractivity contribution in [2.45, 2.75) is 6.42 Å². The Morgan fingerprint density at radius 1 is 1.06 bits per heavy atom. The number of aliphatic imine (C=N–C) groups is 1. The largest absolute Gasteiger partial charge is 0.422 e. The van der Waals surface area contributed by atoms with Gasteiger partial charge in [0.05, 0.1) is 10.6 Å². The predicted octanol–water partition coefficient (Wildman–Crippen LogP) is 6.51. The van der Waals surface area contributed by atoms with Gasteiger partial charge in [-0.25, -0.2) is 14.6 Å². The first kappa shape index (κ1) is 22.3. The van der Waals surface area contributed by atoms with E-state index >= 15 is 0 Å². The molecule has 0 unspecified atom stereocenters. The third-order valence-electron chi connectivity index (χ3n) is 4.48. The summed E-state index contributed by atoms with van der Waals surface area (Å²) in [5.41, 5.74) is 1.71. The molecule has 0 amide bonds. The maximum absolute atomic E-state index is 12.6. The predicted molar refractivity (Wildman–Crippen MR) is 127 cm³/mol. The van der Waals surface area contributed by atoms with Gasteiger partial charge in [-0.15, -0.1) is 0 Å². The minimum Gasteiger partial charge on any atom is -0.422 e. The number of carbonyl (C=O) groups excluding carboxylic acids is 2. The van der Waals surface area contributed by atoms with E-state index in [-0.39, 0.29) is 22.0 Å². The molecule has 0 aromatic heterocycles. The van der Waals surface area contributed by atoms with E-state index < -0.39 is 11.9 Å². The van der Waals surface area contributed by atoms with Gasteiger partial charge in [0.1, 0.15) is 5.75 Å². The van der Waals surface area contributed by atoms with Crippen molar-refractivity contribution in [1.82, 2.24) is 0 Å². The molecule has 5 nitrogen and oxygen atoms in total. The fraction of sp³-hybridized carbons (Fsp3) is 0.0417. The Hall–Kier alpha value is -2.93. The summed E-state index contributed by atoms with van der Waals surface area (Å²) in [5, 5.41) is 0.582. The van der Waals surface area contributed by atoms with E-state index in [2.05, 4.69) is 20.9 Å². The van der Waals surface area contributed by atoms with E-state index in [1.54, 1.807) is 24.3 Å². The molecule has 0 N–H and O–H groups in total. The Kier molecular flexibility index (Phi) is 6.74. The zero-order valence-corrected chi connectivity index (χ0v) is 19.4. The van der Waals surface area contributed by atoms with E-state index in [0.29, 0.717) is 22.9 Å². The number of halogens is 3. The summed E-state index contributed by atoms with van der Waals surface area (Å²) in [5.74, 6) is -0.699. The van der Waals surface area contributed by atoms with Crippen LogP contribution in [-0.4, -0.2) is 17.8 Å². The second-order valence-corrected chi connectivity index (χ2v) is 8.54. The molecule has 1 aliphatic heterocycles. The van der Waals surface area contributed by atoms with Crippen molar-refractivity contribution in [3.05, 3.63) is 104 Å². The quantitative estimate of drug-likeness (QED) is 0.214. The van der Waals surface area contributed by atoms with E-state index in [9.17, 15) is 9.59 Å². The number of nitrogens with zero attached hydrogens (tertiary/aromatic N) is 1. The van der Waals surface area contributed by atoms with Gasteiger partial charge >= 0.3 is 11.9 Å². The molecule has 0 saturated heterocycles. The second kappa shape index (κ2) is 9.69. The number of esters is 2. The summed E-state index contributed by atoms with van der Waals surface area (Å²) in [6, 6.07) is 19.1. The van der Waals surface area contributed by atoms with Crippen molar-refractivity contribution in [2.75, 3.05) is 0 Å². The van der Waals surface area contributed by atoms with Crippen LogP contribution in [0.3, 0.4) is 0 Å². The molecule has 0 atom stereocenters. The lowest BCUT2D eigenvalue weighted by atomic mass is 10.1. The average Bonchev–Trinajstić information content (AvgIpc) is 3.09. The second-order valence-electron chi connectivity index (χ2n) is 6.78. The highest BCUT2D eigenvalue weighted by Crippen LogP contribution is 2.29. The van der Waals surface area contributed by atoms with Gasteiger partial charge in [0, 0.05) is 21.5 Å². The summed E-state index contributed by atoms with van der Waals surface area (Å²) in [7, 11) is 0.